The molecule has 1 aromatic carbocycles. The second kappa shape index (κ2) is 4.39. The van der Waals surface area contributed by atoms with Crippen LogP contribution >= 0.6 is 0 Å². The number of aromatic hydroxyl groups is 1. The van der Waals surface area contributed by atoms with Crippen LogP contribution in [-0.2, 0) is 0 Å². The fourth-order valence-electron chi connectivity index (χ4n) is 2.24. The first-order valence-corrected chi connectivity index (χ1v) is 6.30. The lowest BCUT2D eigenvalue weighted by atomic mass is 10.0. The Morgan fingerprint density at radius 1 is 1.16 bits per heavy atom. The highest BCUT2D eigenvalue weighted by atomic mass is 16.3. The molecule has 96 valence electrons. The van der Waals surface area contributed by atoms with Crippen LogP contribution in [0.4, 0.5) is 0 Å². The summed E-state index contributed by atoms with van der Waals surface area (Å²) in [6, 6.07) is 9.14. The summed E-state index contributed by atoms with van der Waals surface area (Å²) in [5.41, 5.74) is 3.38. The van der Waals surface area contributed by atoms with Crippen LogP contribution in [0.2, 0.25) is 0 Å². The van der Waals surface area contributed by atoms with Crippen LogP contribution in [0.25, 0.3) is 22.3 Å². The van der Waals surface area contributed by atoms with Gasteiger partial charge in [-0.2, -0.15) is 0 Å². The molecule has 0 atom stereocenters. The molecule has 0 unspecified atom stereocenters. The largest absolute Gasteiger partial charge is 0.507 e. The zero-order valence-electron chi connectivity index (χ0n) is 10.9. The van der Waals surface area contributed by atoms with Crippen LogP contribution in [0.15, 0.2) is 36.5 Å². The van der Waals surface area contributed by atoms with Crippen molar-refractivity contribution in [2.75, 3.05) is 0 Å². The Hall–Kier alpha value is -2.36. The number of hydrogen-bond acceptors (Lipinski definition) is 3. The van der Waals surface area contributed by atoms with E-state index >= 15 is 0 Å². The van der Waals surface area contributed by atoms with E-state index in [9.17, 15) is 5.11 Å². The molecule has 2 heterocycles. The number of aromatic nitrogens is 3. The molecule has 0 fully saturated rings. The van der Waals surface area contributed by atoms with Crippen LogP contribution in [0, 0.1) is 0 Å². The van der Waals surface area contributed by atoms with Gasteiger partial charge in [0.05, 0.1) is 5.69 Å². The van der Waals surface area contributed by atoms with E-state index in [0.29, 0.717) is 17.2 Å². The number of para-hydroxylation sites is 1. The lowest BCUT2D eigenvalue weighted by Crippen LogP contribution is -1.90. The molecule has 4 heteroatoms. The van der Waals surface area contributed by atoms with E-state index in [4.69, 9.17) is 0 Å². The summed E-state index contributed by atoms with van der Waals surface area (Å²) in [5.74, 6) is 0.632. The van der Waals surface area contributed by atoms with Crippen LogP contribution in [-0.4, -0.2) is 20.3 Å². The Morgan fingerprint density at radius 3 is 2.68 bits per heavy atom. The van der Waals surface area contributed by atoms with E-state index in [1.165, 1.54) is 5.56 Å². The van der Waals surface area contributed by atoms with Crippen LogP contribution in [0.5, 0.6) is 5.75 Å². The summed E-state index contributed by atoms with van der Waals surface area (Å²) in [4.78, 5) is 3.13. The Balaban J connectivity index is 2.21. The average molecular weight is 253 g/mol. The summed E-state index contributed by atoms with van der Waals surface area (Å²) in [7, 11) is 0. The first-order chi connectivity index (χ1) is 9.16. The summed E-state index contributed by atoms with van der Waals surface area (Å²) < 4.78 is 0. The van der Waals surface area contributed by atoms with E-state index in [1.807, 2.05) is 24.4 Å². The van der Waals surface area contributed by atoms with Crippen molar-refractivity contribution < 1.29 is 5.11 Å². The van der Waals surface area contributed by atoms with Crippen molar-refractivity contribution in [3.05, 3.63) is 42.1 Å². The Kier molecular flexibility index (Phi) is 2.71. The molecule has 2 aromatic heterocycles. The maximum absolute atomic E-state index is 9.89. The second-order valence-corrected chi connectivity index (χ2v) is 4.91. The zero-order valence-corrected chi connectivity index (χ0v) is 10.9. The molecule has 2 N–H and O–H groups in total. The lowest BCUT2D eigenvalue weighted by Gasteiger charge is -2.05. The first-order valence-electron chi connectivity index (χ1n) is 6.30. The number of phenols is 1. The maximum Gasteiger partial charge on any atom is 0.160 e. The molecule has 0 aliphatic rings. The molecule has 0 aliphatic heterocycles. The number of fused-ring (bicyclic) bond motifs is 1. The van der Waals surface area contributed by atoms with E-state index in [0.717, 1.165) is 11.0 Å². The number of rotatable bonds is 2. The van der Waals surface area contributed by atoms with Gasteiger partial charge < -0.3 is 10.1 Å². The fraction of sp³-hybridized carbons (Fsp3) is 0.200. The van der Waals surface area contributed by atoms with Gasteiger partial charge in [-0.25, -0.2) is 0 Å². The van der Waals surface area contributed by atoms with Gasteiger partial charge in [0, 0.05) is 17.1 Å². The van der Waals surface area contributed by atoms with Crippen molar-refractivity contribution in [3.8, 4) is 17.0 Å². The highest BCUT2D eigenvalue weighted by molar-refractivity contribution is 5.84. The van der Waals surface area contributed by atoms with E-state index in [2.05, 4.69) is 29.0 Å². The zero-order chi connectivity index (χ0) is 13.4. The van der Waals surface area contributed by atoms with Gasteiger partial charge in [0.1, 0.15) is 5.75 Å². The summed E-state index contributed by atoms with van der Waals surface area (Å²) in [5, 5.41) is 19.3. The predicted octanol–water partition coefficient (Wildman–Crippen LogP) is 3.45. The van der Waals surface area contributed by atoms with Crippen molar-refractivity contribution in [1.29, 1.82) is 0 Å². The third kappa shape index (κ3) is 1.95. The average Bonchev–Trinajstić information content (AvgIpc) is 2.82. The number of aromatic amines is 1. The lowest BCUT2D eigenvalue weighted by molar-refractivity contribution is 0.477. The Bertz CT molecular complexity index is 731. The van der Waals surface area contributed by atoms with Crippen molar-refractivity contribution in [1.82, 2.24) is 15.2 Å². The van der Waals surface area contributed by atoms with Gasteiger partial charge in [-0.3, -0.25) is 0 Å². The quantitative estimate of drug-likeness (QED) is 0.735. The first kappa shape index (κ1) is 11.7. The number of hydrogen-bond donors (Lipinski definition) is 2. The monoisotopic (exact) mass is 253 g/mol. The van der Waals surface area contributed by atoms with Crippen LogP contribution < -0.4 is 0 Å². The molecule has 0 bridgehead atoms. The minimum Gasteiger partial charge on any atom is -0.507 e. The minimum absolute atomic E-state index is 0.220. The normalized spacial score (nSPS) is 11.3. The van der Waals surface area contributed by atoms with Gasteiger partial charge in [0.2, 0.25) is 0 Å². The summed E-state index contributed by atoms with van der Waals surface area (Å²) >= 11 is 0. The SMILES string of the molecule is CC(C)c1c[nH]c2nnc(-c3ccccc3O)cc12. The molecule has 0 amide bonds. The summed E-state index contributed by atoms with van der Waals surface area (Å²) in [6.45, 7) is 4.28. The number of phenolic OH excluding ortho intramolecular Hbond substituents is 1. The molecular formula is C15H15N3O. The molecule has 4 nitrogen and oxygen atoms in total. The van der Waals surface area contributed by atoms with Gasteiger partial charge in [0.25, 0.3) is 0 Å². The van der Waals surface area contributed by atoms with E-state index < -0.39 is 0 Å². The van der Waals surface area contributed by atoms with Crippen molar-refractivity contribution in [3.63, 3.8) is 0 Å². The molecule has 0 saturated carbocycles. The topological polar surface area (TPSA) is 61.8 Å². The van der Waals surface area contributed by atoms with Crippen LogP contribution in [0.3, 0.4) is 0 Å². The number of H-pyrrole nitrogens is 1. The van der Waals surface area contributed by atoms with Crippen molar-refractivity contribution >= 4 is 11.0 Å². The Labute approximate surface area is 111 Å². The van der Waals surface area contributed by atoms with Gasteiger partial charge in [-0.05, 0) is 29.7 Å². The highest BCUT2D eigenvalue weighted by Crippen LogP contribution is 2.30. The fourth-order valence-corrected chi connectivity index (χ4v) is 2.24. The molecule has 0 saturated heterocycles. The summed E-state index contributed by atoms with van der Waals surface area (Å²) in [6.07, 6.45) is 1.97. The number of benzene rings is 1. The highest BCUT2D eigenvalue weighted by Gasteiger charge is 2.12. The number of nitrogens with one attached hydrogen (secondary N) is 1. The molecule has 0 aliphatic carbocycles. The molecule has 0 radical (unpaired) electrons. The molecule has 0 spiro atoms. The molecule has 3 aromatic rings. The van der Waals surface area contributed by atoms with E-state index in [1.54, 1.807) is 12.1 Å². The third-order valence-electron chi connectivity index (χ3n) is 3.27. The molecule has 19 heavy (non-hydrogen) atoms. The predicted molar refractivity (Wildman–Crippen MR) is 75.1 cm³/mol. The van der Waals surface area contributed by atoms with Crippen molar-refractivity contribution in [2.45, 2.75) is 19.8 Å². The maximum atomic E-state index is 9.89. The van der Waals surface area contributed by atoms with Gasteiger partial charge >= 0.3 is 0 Å². The molecular weight excluding hydrogens is 238 g/mol. The van der Waals surface area contributed by atoms with Crippen molar-refractivity contribution in [2.24, 2.45) is 0 Å². The second-order valence-electron chi connectivity index (χ2n) is 4.91. The minimum atomic E-state index is 0.220. The van der Waals surface area contributed by atoms with E-state index in [-0.39, 0.29) is 5.75 Å². The van der Waals surface area contributed by atoms with Gasteiger partial charge in [-0.15, -0.1) is 10.2 Å². The van der Waals surface area contributed by atoms with Crippen LogP contribution in [0.1, 0.15) is 25.3 Å². The number of nitrogens with zero attached hydrogens (tertiary/aromatic N) is 2. The Morgan fingerprint density at radius 2 is 1.95 bits per heavy atom. The van der Waals surface area contributed by atoms with Gasteiger partial charge in [0.15, 0.2) is 5.65 Å². The third-order valence-corrected chi connectivity index (χ3v) is 3.27. The standard InChI is InChI=1S/C15H15N3O/c1-9(2)12-8-16-15-11(12)7-13(17-18-15)10-5-3-4-6-14(10)19/h3-9,19H,1-2H3,(H,16,18). The van der Waals surface area contributed by atoms with Gasteiger partial charge in [-0.1, -0.05) is 26.0 Å². The smallest absolute Gasteiger partial charge is 0.160 e. The molecule has 3 rings (SSSR count).